The first-order valence-electron chi connectivity index (χ1n) is 16.8. The Bertz CT molecular complexity index is 2620. The molecule has 0 aliphatic rings. The summed E-state index contributed by atoms with van der Waals surface area (Å²) in [6.07, 6.45) is 0. The first-order chi connectivity index (χ1) is 23.6. The van der Waals surface area contributed by atoms with E-state index in [1.807, 2.05) is 0 Å². The Morgan fingerprint density at radius 1 is 0.271 bits per heavy atom. The molecule has 0 nitrogen and oxygen atoms in total. The minimum Gasteiger partial charge on any atom is -0.0616 e. The molecule has 0 aliphatic heterocycles. The van der Waals surface area contributed by atoms with Crippen molar-refractivity contribution in [3.05, 3.63) is 181 Å². The van der Waals surface area contributed by atoms with Crippen LogP contribution in [0.5, 0.6) is 0 Å². The van der Waals surface area contributed by atoms with Crippen LogP contribution in [-0.2, 0) is 0 Å². The molecule has 0 unspecified atom stereocenters. The summed E-state index contributed by atoms with van der Waals surface area (Å²) in [5.41, 5.74) is 12.7. The number of benzene rings is 9. The van der Waals surface area contributed by atoms with Crippen molar-refractivity contribution in [2.45, 2.75) is 13.8 Å². The maximum Gasteiger partial charge on any atom is -0.00263 e. The molecule has 0 aromatic heterocycles. The number of hydrogen-bond acceptors (Lipinski definition) is 0. The Kier molecular flexibility index (Phi) is 6.69. The molecule has 9 aromatic rings. The first kappa shape index (κ1) is 28.3. The van der Waals surface area contributed by atoms with Gasteiger partial charge in [-0.05, 0) is 125 Å². The lowest BCUT2D eigenvalue weighted by atomic mass is 9.84. The fourth-order valence-corrected chi connectivity index (χ4v) is 7.71. The monoisotopic (exact) mass is 610 g/mol. The summed E-state index contributed by atoms with van der Waals surface area (Å²) >= 11 is 0. The van der Waals surface area contributed by atoms with Gasteiger partial charge in [-0.2, -0.15) is 0 Å². The van der Waals surface area contributed by atoms with Crippen LogP contribution in [0.25, 0.3) is 87.6 Å². The highest BCUT2D eigenvalue weighted by Crippen LogP contribution is 2.45. The van der Waals surface area contributed by atoms with Crippen molar-refractivity contribution in [1.82, 2.24) is 0 Å². The molecule has 0 amide bonds. The van der Waals surface area contributed by atoms with Gasteiger partial charge in [-0.15, -0.1) is 0 Å². The summed E-state index contributed by atoms with van der Waals surface area (Å²) in [6.45, 7) is 4.48. The molecular weight excluding hydrogens is 577 g/mol. The maximum atomic E-state index is 2.39. The SMILES string of the molecule is Cc1cc(-c2c3ccccc3c(-c3ccc(-c4ccc5ccccc5c4)cc3)c3ccccc23)ccc1-c1cc2ccccc2cc1C. The molecule has 0 radical (unpaired) electrons. The smallest absolute Gasteiger partial charge is 0.00263 e. The molecule has 0 saturated carbocycles. The molecule has 0 spiro atoms. The van der Waals surface area contributed by atoms with Crippen molar-refractivity contribution in [2.24, 2.45) is 0 Å². The molecule has 0 aliphatic carbocycles. The topological polar surface area (TPSA) is 0 Å². The van der Waals surface area contributed by atoms with Crippen LogP contribution in [0, 0.1) is 13.8 Å². The van der Waals surface area contributed by atoms with Gasteiger partial charge in [-0.3, -0.25) is 0 Å². The molecule has 0 heteroatoms. The normalized spacial score (nSPS) is 11.5. The lowest BCUT2D eigenvalue weighted by Gasteiger charge is -2.19. The molecule has 0 N–H and O–H groups in total. The Hall–Kier alpha value is -5.98. The van der Waals surface area contributed by atoms with E-state index in [4.69, 9.17) is 0 Å². The average Bonchev–Trinajstić information content (AvgIpc) is 3.13. The van der Waals surface area contributed by atoms with Crippen LogP contribution in [0.4, 0.5) is 0 Å². The molecule has 0 bridgehead atoms. The van der Waals surface area contributed by atoms with E-state index in [0.717, 1.165) is 0 Å². The molecule has 9 rings (SSSR count). The third-order valence-corrected chi connectivity index (χ3v) is 10.1. The van der Waals surface area contributed by atoms with E-state index in [9.17, 15) is 0 Å². The zero-order valence-electron chi connectivity index (χ0n) is 27.2. The van der Waals surface area contributed by atoms with E-state index < -0.39 is 0 Å². The number of fused-ring (bicyclic) bond motifs is 4. The van der Waals surface area contributed by atoms with Gasteiger partial charge >= 0.3 is 0 Å². The Balaban J connectivity index is 1.19. The quantitative estimate of drug-likeness (QED) is 0.174. The van der Waals surface area contributed by atoms with Crippen molar-refractivity contribution in [1.29, 1.82) is 0 Å². The fourth-order valence-electron chi connectivity index (χ4n) is 7.71. The van der Waals surface area contributed by atoms with Crippen LogP contribution < -0.4 is 0 Å². The van der Waals surface area contributed by atoms with Gasteiger partial charge in [0, 0.05) is 0 Å². The van der Waals surface area contributed by atoms with Gasteiger partial charge in [0.2, 0.25) is 0 Å². The van der Waals surface area contributed by atoms with Gasteiger partial charge in [0.15, 0.2) is 0 Å². The maximum absolute atomic E-state index is 2.39. The predicted molar refractivity (Wildman–Crippen MR) is 208 cm³/mol. The van der Waals surface area contributed by atoms with E-state index in [-0.39, 0.29) is 0 Å². The second kappa shape index (κ2) is 11.4. The van der Waals surface area contributed by atoms with Crippen LogP contribution >= 0.6 is 0 Å². The highest BCUT2D eigenvalue weighted by atomic mass is 14.2. The second-order valence-electron chi connectivity index (χ2n) is 13.0. The van der Waals surface area contributed by atoms with Crippen molar-refractivity contribution in [3.8, 4) is 44.5 Å². The van der Waals surface area contributed by atoms with Crippen LogP contribution in [-0.4, -0.2) is 0 Å². The molecular formula is C48H34. The zero-order chi connectivity index (χ0) is 32.2. The summed E-state index contributed by atoms with van der Waals surface area (Å²) in [4.78, 5) is 0. The number of aryl methyl sites for hydroxylation is 2. The summed E-state index contributed by atoms with van der Waals surface area (Å²) in [5.74, 6) is 0. The van der Waals surface area contributed by atoms with Crippen molar-refractivity contribution in [2.75, 3.05) is 0 Å². The van der Waals surface area contributed by atoms with E-state index >= 15 is 0 Å². The lowest BCUT2D eigenvalue weighted by Crippen LogP contribution is -1.93. The van der Waals surface area contributed by atoms with Gasteiger partial charge in [0.05, 0.1) is 0 Å². The fraction of sp³-hybridized carbons (Fsp3) is 0.0417. The summed E-state index contributed by atoms with van der Waals surface area (Å²) in [5, 5.41) is 10.2. The minimum atomic E-state index is 1.23. The van der Waals surface area contributed by atoms with Gasteiger partial charge < -0.3 is 0 Å². The molecule has 48 heavy (non-hydrogen) atoms. The van der Waals surface area contributed by atoms with E-state index in [2.05, 4.69) is 184 Å². The highest BCUT2D eigenvalue weighted by Gasteiger charge is 2.18. The average molecular weight is 611 g/mol. The Labute approximate surface area is 281 Å². The summed E-state index contributed by atoms with van der Waals surface area (Å²) < 4.78 is 0. The van der Waals surface area contributed by atoms with Crippen LogP contribution in [0.15, 0.2) is 170 Å². The largest absolute Gasteiger partial charge is 0.0616 e. The third kappa shape index (κ3) is 4.69. The van der Waals surface area contributed by atoms with Gasteiger partial charge in [0.1, 0.15) is 0 Å². The predicted octanol–water partition coefficient (Wildman–Crippen LogP) is 13.6. The standard InChI is InChI=1S/C48H34/c1-31-28-40(25-26-41(31)46-30-38-14-6-5-12-36(38)27-32(46)2)48-44-17-9-7-15-42(44)47(43-16-8-10-18-45(43)48)35-22-19-34(20-23-35)39-24-21-33-11-3-4-13-37(33)29-39/h3-30H,1-2H3. The first-order valence-corrected chi connectivity index (χ1v) is 16.8. The van der Waals surface area contributed by atoms with Crippen LogP contribution in [0.1, 0.15) is 11.1 Å². The van der Waals surface area contributed by atoms with Gasteiger partial charge in [-0.25, -0.2) is 0 Å². The zero-order valence-corrected chi connectivity index (χ0v) is 27.2. The molecule has 0 fully saturated rings. The van der Waals surface area contributed by atoms with Crippen molar-refractivity contribution in [3.63, 3.8) is 0 Å². The second-order valence-corrected chi connectivity index (χ2v) is 13.0. The van der Waals surface area contributed by atoms with Crippen LogP contribution in [0.3, 0.4) is 0 Å². The van der Waals surface area contributed by atoms with Crippen LogP contribution in [0.2, 0.25) is 0 Å². The van der Waals surface area contributed by atoms with Crippen molar-refractivity contribution >= 4 is 43.1 Å². The van der Waals surface area contributed by atoms with Crippen molar-refractivity contribution < 1.29 is 0 Å². The lowest BCUT2D eigenvalue weighted by molar-refractivity contribution is 1.42. The van der Waals surface area contributed by atoms with E-state index in [1.165, 1.54) is 98.7 Å². The van der Waals surface area contributed by atoms with E-state index in [0.29, 0.717) is 0 Å². The molecule has 9 aromatic carbocycles. The highest BCUT2D eigenvalue weighted by molar-refractivity contribution is 6.21. The summed E-state index contributed by atoms with van der Waals surface area (Å²) in [6, 6.07) is 62.6. The van der Waals surface area contributed by atoms with Gasteiger partial charge in [0.25, 0.3) is 0 Å². The molecule has 0 saturated heterocycles. The Morgan fingerprint density at radius 3 is 1.31 bits per heavy atom. The van der Waals surface area contributed by atoms with E-state index in [1.54, 1.807) is 0 Å². The molecule has 226 valence electrons. The van der Waals surface area contributed by atoms with Gasteiger partial charge in [-0.1, -0.05) is 158 Å². The number of rotatable bonds is 4. The molecule has 0 heterocycles. The Morgan fingerprint density at radius 2 is 0.708 bits per heavy atom. The third-order valence-electron chi connectivity index (χ3n) is 10.1. The molecule has 0 atom stereocenters. The minimum absolute atomic E-state index is 1.23. The number of hydrogen-bond donors (Lipinski definition) is 0. The summed E-state index contributed by atoms with van der Waals surface area (Å²) in [7, 11) is 0.